The molecule has 1 aliphatic carbocycles. The quantitative estimate of drug-likeness (QED) is 0.286. The Balaban J connectivity index is 1.51. The van der Waals surface area contributed by atoms with Gasteiger partial charge in [0.2, 0.25) is 21.8 Å². The monoisotopic (exact) mass is 632 g/mol. The average Bonchev–Trinajstić information content (AvgIpc) is 3.23. The van der Waals surface area contributed by atoms with Gasteiger partial charge in [0.05, 0.1) is 29.2 Å². The summed E-state index contributed by atoms with van der Waals surface area (Å²) in [5, 5.41) is 4.76. The van der Waals surface area contributed by atoms with Gasteiger partial charge >= 0.3 is 0 Å². The summed E-state index contributed by atoms with van der Waals surface area (Å²) in [4.78, 5) is 29.1. The Bertz CT molecular complexity index is 1670. The second kappa shape index (κ2) is 13.4. The van der Waals surface area contributed by atoms with Crippen molar-refractivity contribution < 1.29 is 22.7 Å². The molecule has 1 spiro atoms. The Kier molecular flexibility index (Phi) is 9.79. The number of hydrogen-bond donors (Lipinski definition) is 3. The summed E-state index contributed by atoms with van der Waals surface area (Å²) in [6, 6.07) is 22.1. The number of nitrogens with two attached hydrogens (primary N) is 1. The highest BCUT2D eigenvalue weighted by Crippen LogP contribution is 2.46. The number of rotatable bonds is 11. The van der Waals surface area contributed by atoms with Crippen LogP contribution in [0.25, 0.3) is 15.7 Å². The lowest BCUT2D eigenvalue weighted by Gasteiger charge is -2.38. The lowest BCUT2D eigenvalue weighted by Crippen LogP contribution is -2.58. The van der Waals surface area contributed by atoms with E-state index in [1.807, 2.05) is 79.7 Å². The molecule has 1 atom stereocenters. The molecule has 1 saturated carbocycles. The Morgan fingerprint density at radius 2 is 1.67 bits per heavy atom. The molecule has 0 aromatic heterocycles. The van der Waals surface area contributed by atoms with E-state index in [1.54, 1.807) is 18.7 Å². The summed E-state index contributed by atoms with van der Waals surface area (Å²) >= 11 is 0. The molecular weight excluding hydrogens is 588 g/mol. The number of carbonyl (C=O) groups excluding carboxylic acids is 2. The lowest BCUT2D eigenvalue weighted by molar-refractivity contribution is -0.139. The van der Waals surface area contributed by atoms with Crippen LogP contribution in [0.2, 0.25) is 0 Å². The maximum atomic E-state index is 14.2. The number of sulfonamides is 1. The zero-order chi connectivity index (χ0) is 32.2. The van der Waals surface area contributed by atoms with Crippen molar-refractivity contribution in [2.24, 2.45) is 5.73 Å². The molecule has 0 bridgehead atoms. The molecule has 3 aromatic carbocycles. The van der Waals surface area contributed by atoms with Crippen molar-refractivity contribution >= 4 is 37.5 Å². The van der Waals surface area contributed by atoms with E-state index in [0.29, 0.717) is 30.5 Å². The minimum absolute atomic E-state index is 0.0652. The molecule has 0 radical (unpaired) electrons. The molecule has 2 aliphatic rings. The van der Waals surface area contributed by atoms with E-state index >= 15 is 0 Å². The van der Waals surface area contributed by atoms with Gasteiger partial charge in [0.1, 0.15) is 6.04 Å². The van der Waals surface area contributed by atoms with Crippen molar-refractivity contribution in [2.45, 2.75) is 76.6 Å². The molecular formula is C35H44N4O5S. The minimum atomic E-state index is -3.87. The molecule has 1 heterocycles. The number of benzene rings is 3. The fourth-order valence-corrected chi connectivity index (χ4v) is 8.30. The number of nitrogens with one attached hydrogen (secondary N) is 2. The highest BCUT2D eigenvalue weighted by atomic mass is 32.2. The predicted molar refractivity (Wildman–Crippen MR) is 177 cm³/mol. The first-order valence-electron chi connectivity index (χ1n) is 15.7. The van der Waals surface area contributed by atoms with Crippen LogP contribution in [0.1, 0.15) is 64.0 Å². The molecule has 2 amide bonds. The standard InChI is InChI=1S/C35H44N4O5S/c1-4-39(32(40)30(37-33(41)34(2,3)36)24-44-23-25-13-7-5-8-14-25)22-29-31(28-18-17-26-15-9-10-16-27(26)21-28)45(42,43)38-35(29)19-11-6-12-20-35/h5,7-10,13-18,21,30,38H,4,6,11-12,19-20,22-24,36H2,1-3H3,(H,37,41). The van der Waals surface area contributed by atoms with Crippen molar-refractivity contribution in [1.82, 2.24) is 14.9 Å². The summed E-state index contributed by atoms with van der Waals surface area (Å²) in [7, 11) is -3.87. The third kappa shape index (κ3) is 7.30. The Hall–Kier alpha value is -3.57. The molecule has 3 aromatic rings. The highest BCUT2D eigenvalue weighted by molar-refractivity contribution is 7.99. The topological polar surface area (TPSA) is 131 Å². The Labute approximate surface area is 266 Å². The normalized spacial score (nSPS) is 18.2. The van der Waals surface area contributed by atoms with Gasteiger partial charge in [-0.15, -0.1) is 0 Å². The number of ether oxygens (including phenoxy) is 1. The molecule has 5 rings (SSSR count). The Morgan fingerprint density at radius 1 is 1.00 bits per heavy atom. The van der Waals surface area contributed by atoms with Crippen molar-refractivity contribution in [2.75, 3.05) is 19.7 Å². The van der Waals surface area contributed by atoms with Crippen LogP contribution in [0.5, 0.6) is 0 Å². The molecule has 4 N–H and O–H groups in total. The number of hydrogen-bond acceptors (Lipinski definition) is 6. The van der Waals surface area contributed by atoms with Gasteiger partial charge < -0.3 is 20.7 Å². The van der Waals surface area contributed by atoms with Gasteiger partial charge in [-0.3, -0.25) is 9.59 Å². The summed E-state index contributed by atoms with van der Waals surface area (Å²) < 4.78 is 36.8. The van der Waals surface area contributed by atoms with Crippen LogP contribution >= 0.6 is 0 Å². The van der Waals surface area contributed by atoms with E-state index in [1.165, 1.54) is 0 Å². The van der Waals surface area contributed by atoms with Crippen molar-refractivity contribution in [3.63, 3.8) is 0 Å². The number of fused-ring (bicyclic) bond motifs is 1. The first kappa shape index (κ1) is 32.8. The third-order valence-corrected chi connectivity index (χ3v) is 10.5. The van der Waals surface area contributed by atoms with Crippen molar-refractivity contribution in [3.05, 3.63) is 89.5 Å². The molecule has 0 saturated heterocycles. The SMILES string of the molecule is CCN(CC1=C(c2ccc3ccccc3c2)S(=O)(=O)NC12CCCCC2)C(=O)C(COCc1ccccc1)NC(=O)C(C)(C)N. The first-order valence-corrected chi connectivity index (χ1v) is 17.2. The van der Waals surface area contributed by atoms with Crippen molar-refractivity contribution in [3.8, 4) is 0 Å². The van der Waals surface area contributed by atoms with E-state index in [0.717, 1.165) is 35.6 Å². The van der Waals surface area contributed by atoms with Gasteiger partial charge in [-0.05, 0) is 67.2 Å². The second-order valence-corrected chi connectivity index (χ2v) is 14.3. The largest absolute Gasteiger partial charge is 0.374 e. The molecule has 240 valence electrons. The number of carbonyl (C=O) groups is 2. The maximum absolute atomic E-state index is 14.2. The van der Waals surface area contributed by atoms with Gasteiger partial charge in [0.25, 0.3) is 0 Å². The first-order chi connectivity index (χ1) is 21.4. The summed E-state index contributed by atoms with van der Waals surface area (Å²) in [5.41, 5.74) is 6.33. The Morgan fingerprint density at radius 3 is 2.33 bits per heavy atom. The zero-order valence-corrected chi connectivity index (χ0v) is 27.2. The van der Waals surface area contributed by atoms with Gasteiger partial charge in [-0.2, -0.15) is 0 Å². The fourth-order valence-electron chi connectivity index (χ4n) is 6.34. The van der Waals surface area contributed by atoms with Gasteiger partial charge in [0, 0.05) is 13.1 Å². The minimum Gasteiger partial charge on any atom is -0.374 e. The van der Waals surface area contributed by atoms with Gasteiger partial charge in [0.15, 0.2) is 0 Å². The zero-order valence-electron chi connectivity index (χ0n) is 26.3. The van der Waals surface area contributed by atoms with Crippen LogP contribution < -0.4 is 15.8 Å². The summed E-state index contributed by atoms with van der Waals surface area (Å²) in [5.74, 6) is -0.839. The second-order valence-electron chi connectivity index (χ2n) is 12.7. The maximum Gasteiger partial charge on any atom is 0.247 e. The van der Waals surface area contributed by atoms with Crippen LogP contribution in [-0.2, 0) is 31.0 Å². The molecule has 10 heteroatoms. The number of nitrogens with zero attached hydrogens (tertiary/aromatic N) is 1. The van der Waals surface area contributed by atoms with Crippen LogP contribution in [-0.4, -0.2) is 61.9 Å². The van der Waals surface area contributed by atoms with Gasteiger partial charge in [-0.25, -0.2) is 13.1 Å². The average molecular weight is 633 g/mol. The van der Waals surface area contributed by atoms with E-state index in [-0.39, 0.29) is 30.6 Å². The van der Waals surface area contributed by atoms with Crippen molar-refractivity contribution in [1.29, 1.82) is 0 Å². The highest BCUT2D eigenvalue weighted by Gasteiger charge is 2.50. The molecule has 9 nitrogen and oxygen atoms in total. The fraction of sp³-hybridized carbons (Fsp3) is 0.429. The molecule has 1 unspecified atom stereocenters. The van der Waals surface area contributed by atoms with Crippen LogP contribution in [0.3, 0.4) is 0 Å². The number of likely N-dealkylation sites (N-methyl/N-ethyl adjacent to an activating group) is 1. The predicted octanol–water partition coefficient (Wildman–Crippen LogP) is 4.47. The van der Waals surface area contributed by atoms with Crippen LogP contribution in [0.4, 0.5) is 0 Å². The summed E-state index contributed by atoms with van der Waals surface area (Å²) in [6.07, 6.45) is 4.11. The van der Waals surface area contributed by atoms with E-state index in [2.05, 4.69) is 10.0 Å². The molecule has 1 fully saturated rings. The molecule has 45 heavy (non-hydrogen) atoms. The van der Waals surface area contributed by atoms with E-state index in [9.17, 15) is 18.0 Å². The van der Waals surface area contributed by atoms with E-state index in [4.69, 9.17) is 10.5 Å². The van der Waals surface area contributed by atoms with E-state index < -0.39 is 33.1 Å². The smallest absolute Gasteiger partial charge is 0.247 e. The van der Waals surface area contributed by atoms with Crippen LogP contribution in [0.15, 0.2) is 78.4 Å². The lowest BCUT2D eigenvalue weighted by atomic mass is 9.76. The third-order valence-electron chi connectivity index (χ3n) is 8.80. The molecule has 1 aliphatic heterocycles. The summed E-state index contributed by atoms with van der Waals surface area (Å²) in [6.45, 7) is 5.62. The van der Waals surface area contributed by atoms with Gasteiger partial charge in [-0.1, -0.05) is 86.0 Å². The van der Waals surface area contributed by atoms with Crippen LogP contribution in [0, 0.1) is 0 Å². The number of amides is 2.